The topological polar surface area (TPSA) is 117 Å². The first-order chi connectivity index (χ1) is 15.5. The predicted octanol–water partition coefficient (Wildman–Crippen LogP) is 5.57. The number of nitrogens with two attached hydrogens (primary N) is 1. The van der Waals surface area contributed by atoms with Gasteiger partial charge in [-0.25, -0.2) is 0 Å². The summed E-state index contributed by atoms with van der Waals surface area (Å²) in [6.07, 6.45) is 1.24. The highest BCUT2D eigenvalue weighted by molar-refractivity contribution is 6.74. The summed E-state index contributed by atoms with van der Waals surface area (Å²) in [6, 6.07) is 9.62. The summed E-state index contributed by atoms with van der Waals surface area (Å²) in [6.45, 7) is 13.0. The van der Waals surface area contributed by atoms with E-state index in [0.29, 0.717) is 17.5 Å². The lowest BCUT2D eigenvalue weighted by atomic mass is 9.70. The molecule has 1 aromatic carbocycles. The van der Waals surface area contributed by atoms with E-state index in [1.807, 2.05) is 37.3 Å². The van der Waals surface area contributed by atoms with Gasteiger partial charge in [0, 0.05) is 17.0 Å². The number of hydrogen-bond acceptors (Lipinski definition) is 7. The fraction of sp³-hybridized carbons (Fsp3) is 0.500. The fourth-order valence-corrected chi connectivity index (χ4v) is 5.29. The lowest BCUT2D eigenvalue weighted by Gasteiger charge is -2.37. The normalized spacial score (nSPS) is 19.8. The molecule has 0 spiro atoms. The third-order valence-electron chi connectivity index (χ3n) is 6.97. The van der Waals surface area contributed by atoms with E-state index in [0.717, 1.165) is 24.0 Å². The second kappa shape index (κ2) is 8.53. The van der Waals surface area contributed by atoms with Crippen LogP contribution < -0.4 is 5.73 Å². The Labute approximate surface area is 195 Å². The number of rotatable bonds is 7. The van der Waals surface area contributed by atoms with E-state index in [9.17, 15) is 4.79 Å². The van der Waals surface area contributed by atoms with Crippen molar-refractivity contribution in [3.8, 4) is 11.3 Å². The summed E-state index contributed by atoms with van der Waals surface area (Å²) < 4.78 is 17.9. The molecule has 2 N–H and O–H groups in total. The number of aromatic nitrogens is 3. The minimum Gasteiger partial charge on any atom is -0.422 e. The van der Waals surface area contributed by atoms with Crippen molar-refractivity contribution in [3.05, 3.63) is 53.4 Å². The molecule has 176 valence electrons. The molecule has 1 saturated carbocycles. The Kier molecular flexibility index (Phi) is 6.04. The molecule has 1 amide bonds. The largest absolute Gasteiger partial charge is 0.422 e. The van der Waals surface area contributed by atoms with E-state index in [1.165, 1.54) is 0 Å². The summed E-state index contributed by atoms with van der Waals surface area (Å²) >= 11 is 0. The van der Waals surface area contributed by atoms with E-state index in [2.05, 4.69) is 49.2 Å². The van der Waals surface area contributed by atoms with Crippen LogP contribution >= 0.6 is 0 Å². The third kappa shape index (κ3) is 4.52. The Morgan fingerprint density at radius 3 is 2.42 bits per heavy atom. The highest BCUT2D eigenvalue weighted by Crippen LogP contribution is 2.50. The SMILES string of the molecule is C[C@@H](O[Si](C)(C)C(C)(C)C)c1nnc(C2CC(c3c(C(N)=O)noc3-c3ccccc3)C2)o1. The van der Waals surface area contributed by atoms with Gasteiger partial charge in [-0.3, -0.25) is 4.79 Å². The lowest BCUT2D eigenvalue weighted by Crippen LogP contribution is -2.41. The van der Waals surface area contributed by atoms with E-state index < -0.39 is 14.2 Å². The van der Waals surface area contributed by atoms with Crippen LogP contribution in [0.1, 0.15) is 86.3 Å². The molecule has 2 heterocycles. The zero-order valence-electron chi connectivity index (χ0n) is 20.1. The zero-order valence-corrected chi connectivity index (χ0v) is 21.1. The standard InChI is InChI=1S/C24H32N4O4Si/c1-14(32-33(5,6)24(2,3)4)22-26-27-23(30-22)17-12-16(13-17)18-19(21(25)29)28-31-20(18)15-10-8-7-9-11-15/h7-11,14,16-17H,12-13H2,1-6H3,(H2,25,29)/t14-,16?,17?/m1/s1. The number of carbonyl (C=O) groups excluding carboxylic acids is 1. The molecular formula is C24H32N4O4Si. The van der Waals surface area contributed by atoms with Crippen LogP contribution in [-0.2, 0) is 4.43 Å². The molecular weight excluding hydrogens is 436 g/mol. The van der Waals surface area contributed by atoms with Crippen molar-refractivity contribution in [3.63, 3.8) is 0 Å². The van der Waals surface area contributed by atoms with Crippen molar-refractivity contribution in [1.29, 1.82) is 0 Å². The van der Waals surface area contributed by atoms with Gasteiger partial charge in [-0.1, -0.05) is 56.3 Å². The Bertz CT molecular complexity index is 1130. The van der Waals surface area contributed by atoms with Crippen LogP contribution in [0.3, 0.4) is 0 Å². The first-order valence-electron chi connectivity index (χ1n) is 11.3. The van der Waals surface area contributed by atoms with Gasteiger partial charge in [-0.2, -0.15) is 0 Å². The molecule has 0 radical (unpaired) electrons. The molecule has 1 fully saturated rings. The molecule has 8 nitrogen and oxygen atoms in total. The van der Waals surface area contributed by atoms with Crippen molar-refractivity contribution in [1.82, 2.24) is 15.4 Å². The van der Waals surface area contributed by atoms with Crippen LogP contribution in [0.25, 0.3) is 11.3 Å². The van der Waals surface area contributed by atoms with Gasteiger partial charge in [0.2, 0.25) is 11.8 Å². The fourth-order valence-electron chi connectivity index (χ4n) is 3.95. The van der Waals surface area contributed by atoms with Crippen molar-refractivity contribution >= 4 is 14.2 Å². The molecule has 4 rings (SSSR count). The minimum absolute atomic E-state index is 0.0789. The van der Waals surface area contributed by atoms with Crippen LogP contribution in [0.5, 0.6) is 0 Å². The minimum atomic E-state index is -1.95. The van der Waals surface area contributed by atoms with E-state index >= 15 is 0 Å². The predicted molar refractivity (Wildman–Crippen MR) is 126 cm³/mol. The average Bonchev–Trinajstić information content (AvgIpc) is 3.34. The van der Waals surface area contributed by atoms with Crippen LogP contribution in [0.2, 0.25) is 18.1 Å². The molecule has 3 aromatic rings. The Hall–Kier alpha value is -2.78. The summed E-state index contributed by atoms with van der Waals surface area (Å²) in [4.78, 5) is 12.0. The van der Waals surface area contributed by atoms with E-state index in [4.69, 9.17) is 19.1 Å². The van der Waals surface area contributed by atoms with Crippen LogP contribution in [-0.4, -0.2) is 29.6 Å². The highest BCUT2D eigenvalue weighted by Gasteiger charge is 2.42. The molecule has 0 bridgehead atoms. The molecule has 2 aromatic heterocycles. The van der Waals surface area contributed by atoms with Gasteiger partial charge >= 0.3 is 0 Å². The Morgan fingerprint density at radius 2 is 1.82 bits per heavy atom. The van der Waals surface area contributed by atoms with Gasteiger partial charge in [0.15, 0.2) is 19.8 Å². The number of benzene rings is 1. The van der Waals surface area contributed by atoms with Gasteiger partial charge in [0.25, 0.3) is 5.91 Å². The lowest BCUT2D eigenvalue weighted by molar-refractivity contribution is 0.0989. The molecule has 9 heteroatoms. The Balaban J connectivity index is 1.48. The molecule has 0 saturated heterocycles. The van der Waals surface area contributed by atoms with Gasteiger partial charge in [0.05, 0.1) is 0 Å². The summed E-state index contributed by atoms with van der Waals surface area (Å²) in [5.41, 5.74) is 7.40. The molecule has 1 aliphatic rings. The number of carbonyl (C=O) groups is 1. The smallest absolute Gasteiger partial charge is 0.271 e. The van der Waals surface area contributed by atoms with Crippen LogP contribution in [0.4, 0.5) is 0 Å². The highest BCUT2D eigenvalue weighted by atomic mass is 28.4. The van der Waals surface area contributed by atoms with Crippen LogP contribution in [0.15, 0.2) is 39.3 Å². The maximum Gasteiger partial charge on any atom is 0.271 e. The third-order valence-corrected chi connectivity index (χ3v) is 11.5. The molecule has 0 unspecified atom stereocenters. The second-order valence-corrected chi connectivity index (χ2v) is 15.1. The summed E-state index contributed by atoms with van der Waals surface area (Å²) in [7, 11) is -1.95. The number of nitrogens with zero attached hydrogens (tertiary/aromatic N) is 3. The van der Waals surface area contributed by atoms with Crippen molar-refractivity contribution in [2.75, 3.05) is 0 Å². The van der Waals surface area contributed by atoms with Crippen molar-refractivity contribution < 1.29 is 18.2 Å². The maximum atomic E-state index is 12.0. The quantitative estimate of drug-likeness (QED) is 0.450. The number of primary amides is 1. The van der Waals surface area contributed by atoms with Gasteiger partial charge < -0.3 is 19.1 Å². The van der Waals surface area contributed by atoms with Gasteiger partial charge in [-0.05, 0) is 43.8 Å². The zero-order chi connectivity index (χ0) is 24.0. The van der Waals surface area contributed by atoms with E-state index in [-0.39, 0.29) is 28.7 Å². The number of hydrogen-bond donors (Lipinski definition) is 1. The first kappa shape index (κ1) is 23.4. The van der Waals surface area contributed by atoms with Gasteiger partial charge in [-0.15, -0.1) is 10.2 Å². The Morgan fingerprint density at radius 1 is 1.15 bits per heavy atom. The molecule has 0 aliphatic heterocycles. The van der Waals surface area contributed by atoms with Gasteiger partial charge in [0.1, 0.15) is 6.10 Å². The molecule has 33 heavy (non-hydrogen) atoms. The van der Waals surface area contributed by atoms with E-state index in [1.54, 1.807) is 0 Å². The first-order valence-corrected chi connectivity index (χ1v) is 14.2. The number of amides is 1. The maximum absolute atomic E-state index is 12.0. The van der Waals surface area contributed by atoms with Crippen molar-refractivity contribution in [2.24, 2.45) is 5.73 Å². The summed E-state index contributed by atoms with van der Waals surface area (Å²) in [5.74, 6) is 1.30. The molecule has 1 aliphatic carbocycles. The monoisotopic (exact) mass is 468 g/mol. The van der Waals surface area contributed by atoms with Crippen LogP contribution in [0, 0.1) is 0 Å². The van der Waals surface area contributed by atoms with Crippen molar-refractivity contribution in [2.45, 2.75) is 76.6 Å². The summed E-state index contributed by atoms with van der Waals surface area (Å²) in [5, 5.41) is 12.6. The molecule has 1 atom stereocenters. The second-order valence-electron chi connectivity index (χ2n) is 10.4. The average molecular weight is 469 g/mol.